The Morgan fingerprint density at radius 3 is 2.38 bits per heavy atom. The van der Waals surface area contributed by atoms with Crippen LogP contribution in [0.15, 0.2) is 59.4 Å². The highest BCUT2D eigenvalue weighted by Gasteiger charge is 2.25. The van der Waals surface area contributed by atoms with Crippen LogP contribution in [0, 0.1) is 13.8 Å². The Hall–Kier alpha value is -3.94. The number of nitrogens with one attached hydrogen (secondary N) is 1. The Kier molecular flexibility index (Phi) is 5.77. The number of aryl methyl sites for hydroxylation is 2. The van der Waals surface area contributed by atoms with Gasteiger partial charge < -0.3 is 10.1 Å². The summed E-state index contributed by atoms with van der Waals surface area (Å²) >= 11 is 0. The molecule has 1 N–H and O–H groups in total. The van der Waals surface area contributed by atoms with Gasteiger partial charge in [-0.15, -0.1) is 0 Å². The smallest absolute Gasteiger partial charge is 0.295 e. The van der Waals surface area contributed by atoms with Crippen LogP contribution in [-0.2, 0) is 4.79 Å². The minimum Gasteiger partial charge on any atom is -0.497 e. The van der Waals surface area contributed by atoms with Crippen LogP contribution < -0.4 is 15.6 Å². The summed E-state index contributed by atoms with van der Waals surface area (Å²) in [5.41, 5.74) is 2.86. The van der Waals surface area contributed by atoms with Crippen molar-refractivity contribution < 1.29 is 9.53 Å². The quantitative estimate of drug-likeness (QED) is 0.501. The van der Waals surface area contributed by atoms with Crippen molar-refractivity contribution in [2.75, 3.05) is 12.4 Å². The molecule has 0 saturated heterocycles. The second kappa shape index (κ2) is 8.66. The Morgan fingerprint density at radius 2 is 1.75 bits per heavy atom. The maximum Gasteiger partial charge on any atom is 0.295 e. The highest BCUT2D eigenvalue weighted by Crippen LogP contribution is 2.23. The second-order valence-corrected chi connectivity index (χ2v) is 7.53. The van der Waals surface area contributed by atoms with Crippen LogP contribution in [0.2, 0.25) is 0 Å². The number of benzene rings is 2. The number of hydrogen-bond donors (Lipinski definition) is 1. The van der Waals surface area contributed by atoms with Gasteiger partial charge in [-0.05, 0) is 56.7 Å². The van der Waals surface area contributed by atoms with E-state index in [-0.39, 0.29) is 11.5 Å². The van der Waals surface area contributed by atoms with Gasteiger partial charge in [0.15, 0.2) is 5.52 Å². The molecule has 1 amide bonds. The molecule has 8 heteroatoms. The van der Waals surface area contributed by atoms with E-state index < -0.39 is 6.04 Å². The molecule has 1 unspecified atom stereocenters. The number of fused-ring (bicyclic) bond motifs is 1. The van der Waals surface area contributed by atoms with E-state index in [1.165, 1.54) is 4.68 Å². The van der Waals surface area contributed by atoms with E-state index in [9.17, 15) is 9.59 Å². The number of para-hydroxylation sites is 1. The van der Waals surface area contributed by atoms with Crippen molar-refractivity contribution in [1.82, 2.24) is 19.6 Å². The van der Waals surface area contributed by atoms with E-state index in [1.807, 2.05) is 51.1 Å². The number of carbonyl (C=O) groups excluding carboxylic acids is 1. The molecular formula is C24H25N5O3. The minimum absolute atomic E-state index is 0.301. The van der Waals surface area contributed by atoms with Gasteiger partial charge in [0.2, 0.25) is 5.91 Å². The summed E-state index contributed by atoms with van der Waals surface area (Å²) < 4.78 is 8.14. The van der Waals surface area contributed by atoms with Gasteiger partial charge in [0.25, 0.3) is 5.56 Å². The fourth-order valence-corrected chi connectivity index (χ4v) is 3.85. The molecule has 0 spiro atoms. The van der Waals surface area contributed by atoms with Crippen LogP contribution in [0.25, 0.3) is 16.6 Å². The van der Waals surface area contributed by atoms with Crippen molar-refractivity contribution in [3.05, 3.63) is 76.3 Å². The van der Waals surface area contributed by atoms with Crippen LogP contribution in [0.1, 0.15) is 30.8 Å². The largest absolute Gasteiger partial charge is 0.497 e. The second-order valence-electron chi connectivity index (χ2n) is 7.53. The first-order valence-electron chi connectivity index (χ1n) is 10.4. The number of ether oxygens (including phenoxy) is 1. The third-order valence-electron chi connectivity index (χ3n) is 5.49. The first-order valence-corrected chi connectivity index (χ1v) is 10.4. The molecule has 4 aromatic rings. The lowest BCUT2D eigenvalue weighted by Crippen LogP contribution is -2.35. The fraction of sp³-hybridized carbons (Fsp3) is 0.250. The van der Waals surface area contributed by atoms with Crippen molar-refractivity contribution in [2.24, 2.45) is 0 Å². The van der Waals surface area contributed by atoms with Crippen LogP contribution in [0.4, 0.5) is 5.69 Å². The standard InChI is InChI=1S/C24H25N5O3/c1-5-20(23(30)25-17-11-13-19(32-4)14-12-17)29-24(31)22-21(15(2)26-29)16(3)28(27-22)18-9-7-6-8-10-18/h6-14,20H,5H2,1-4H3,(H,25,30). The van der Waals surface area contributed by atoms with Crippen LogP contribution in [0.5, 0.6) is 5.75 Å². The molecule has 0 fully saturated rings. The van der Waals surface area contributed by atoms with Crippen molar-refractivity contribution in [2.45, 2.75) is 33.2 Å². The summed E-state index contributed by atoms with van der Waals surface area (Å²) in [7, 11) is 1.58. The zero-order chi connectivity index (χ0) is 22.8. The molecule has 0 aliphatic carbocycles. The molecule has 2 aromatic carbocycles. The van der Waals surface area contributed by atoms with Crippen LogP contribution >= 0.6 is 0 Å². The van der Waals surface area contributed by atoms with E-state index in [4.69, 9.17) is 4.74 Å². The SMILES string of the molecule is CCC(C(=O)Nc1ccc(OC)cc1)n1nc(C)c2c(C)n(-c3ccccc3)nc2c1=O. The summed E-state index contributed by atoms with van der Waals surface area (Å²) in [6, 6.07) is 15.9. The number of hydrogen-bond acceptors (Lipinski definition) is 5. The maximum absolute atomic E-state index is 13.3. The number of carbonyl (C=O) groups is 1. The predicted molar refractivity (Wildman–Crippen MR) is 124 cm³/mol. The molecule has 0 aliphatic rings. The number of rotatable bonds is 6. The summed E-state index contributed by atoms with van der Waals surface area (Å²) in [5, 5.41) is 12.6. The van der Waals surface area contributed by atoms with Crippen LogP contribution in [-0.4, -0.2) is 32.6 Å². The lowest BCUT2D eigenvalue weighted by molar-refractivity contribution is -0.119. The summed E-state index contributed by atoms with van der Waals surface area (Å²) in [5.74, 6) is 0.378. The molecule has 8 nitrogen and oxygen atoms in total. The van der Waals surface area contributed by atoms with Crippen molar-refractivity contribution in [3.63, 3.8) is 0 Å². The van der Waals surface area contributed by atoms with E-state index in [0.29, 0.717) is 34.5 Å². The Bertz CT molecular complexity index is 1320. The predicted octanol–water partition coefficient (Wildman–Crippen LogP) is 3.80. The van der Waals surface area contributed by atoms with Crippen LogP contribution in [0.3, 0.4) is 0 Å². The average Bonchev–Trinajstić information content (AvgIpc) is 3.16. The van der Waals surface area contributed by atoms with Crippen molar-refractivity contribution >= 4 is 22.5 Å². The zero-order valence-electron chi connectivity index (χ0n) is 18.5. The number of nitrogens with zero attached hydrogens (tertiary/aromatic N) is 4. The van der Waals surface area contributed by atoms with Gasteiger partial charge in [0.05, 0.1) is 29.6 Å². The van der Waals surface area contributed by atoms with E-state index in [2.05, 4.69) is 15.5 Å². The van der Waals surface area contributed by atoms with E-state index in [0.717, 1.165) is 11.4 Å². The summed E-state index contributed by atoms with van der Waals surface area (Å²) in [4.78, 5) is 26.4. The molecule has 2 aromatic heterocycles. The van der Waals surface area contributed by atoms with Gasteiger partial charge in [0, 0.05) is 5.69 Å². The molecule has 4 rings (SSSR count). The molecule has 1 atom stereocenters. The molecule has 32 heavy (non-hydrogen) atoms. The number of aromatic nitrogens is 4. The van der Waals surface area contributed by atoms with Gasteiger partial charge in [-0.1, -0.05) is 25.1 Å². The Labute approximate surface area is 185 Å². The Balaban J connectivity index is 1.74. The molecule has 0 aliphatic heterocycles. The van der Waals surface area contributed by atoms with Gasteiger partial charge >= 0.3 is 0 Å². The minimum atomic E-state index is -0.769. The van der Waals surface area contributed by atoms with E-state index in [1.54, 1.807) is 36.1 Å². The van der Waals surface area contributed by atoms with Gasteiger partial charge in [0.1, 0.15) is 11.8 Å². The number of methoxy groups -OCH3 is 1. The first kappa shape index (κ1) is 21.3. The van der Waals surface area contributed by atoms with Gasteiger partial charge in [-0.25, -0.2) is 9.36 Å². The molecule has 2 heterocycles. The van der Waals surface area contributed by atoms with Gasteiger partial charge in [-0.2, -0.15) is 10.2 Å². The lowest BCUT2D eigenvalue weighted by atomic mass is 10.1. The molecule has 0 saturated carbocycles. The highest BCUT2D eigenvalue weighted by atomic mass is 16.5. The molecular weight excluding hydrogens is 406 g/mol. The fourth-order valence-electron chi connectivity index (χ4n) is 3.85. The number of anilines is 1. The molecule has 0 bridgehead atoms. The summed E-state index contributed by atoms with van der Waals surface area (Å²) in [6.07, 6.45) is 0.401. The van der Waals surface area contributed by atoms with Crippen molar-refractivity contribution in [1.29, 1.82) is 0 Å². The highest BCUT2D eigenvalue weighted by molar-refractivity contribution is 5.94. The van der Waals surface area contributed by atoms with Crippen molar-refractivity contribution in [3.8, 4) is 11.4 Å². The summed E-state index contributed by atoms with van der Waals surface area (Å²) in [6.45, 7) is 5.59. The first-order chi connectivity index (χ1) is 15.4. The topological polar surface area (TPSA) is 91.0 Å². The third-order valence-corrected chi connectivity index (χ3v) is 5.49. The maximum atomic E-state index is 13.3. The third kappa shape index (κ3) is 3.75. The molecule has 164 valence electrons. The zero-order valence-corrected chi connectivity index (χ0v) is 18.5. The Morgan fingerprint density at radius 1 is 1.06 bits per heavy atom. The van der Waals surface area contributed by atoms with Gasteiger partial charge in [-0.3, -0.25) is 9.59 Å². The number of amides is 1. The molecule has 0 radical (unpaired) electrons. The normalized spacial score (nSPS) is 12.0. The average molecular weight is 431 g/mol. The monoisotopic (exact) mass is 431 g/mol. The van der Waals surface area contributed by atoms with E-state index >= 15 is 0 Å². The lowest BCUT2D eigenvalue weighted by Gasteiger charge is -2.17.